The molecule has 0 saturated carbocycles. The smallest absolute Gasteiger partial charge is 0.253 e. The van der Waals surface area contributed by atoms with E-state index >= 15 is 0 Å². The number of halogens is 2. The van der Waals surface area contributed by atoms with Gasteiger partial charge in [0.05, 0.1) is 17.1 Å². The molecule has 0 bridgehead atoms. The van der Waals surface area contributed by atoms with Crippen molar-refractivity contribution in [1.82, 2.24) is 5.32 Å². The first kappa shape index (κ1) is 14.9. The van der Waals surface area contributed by atoms with E-state index in [1.807, 2.05) is 36.4 Å². The number of amides is 1. The third-order valence-corrected chi connectivity index (χ3v) is 3.82. The van der Waals surface area contributed by atoms with Crippen molar-refractivity contribution in [2.45, 2.75) is 0 Å². The molecular formula is C16H11ClINO. The maximum Gasteiger partial charge on any atom is 0.253 e. The maximum atomic E-state index is 11.9. The summed E-state index contributed by atoms with van der Waals surface area (Å²) in [5.41, 5.74) is 1.42. The normalized spacial score (nSPS) is 9.50. The van der Waals surface area contributed by atoms with Gasteiger partial charge in [0, 0.05) is 9.13 Å². The number of rotatable bonds is 2. The molecule has 0 fully saturated rings. The highest BCUT2D eigenvalue weighted by atomic mass is 127. The fourth-order valence-electron chi connectivity index (χ4n) is 1.57. The Kier molecular flexibility index (Phi) is 5.45. The molecule has 1 amide bonds. The van der Waals surface area contributed by atoms with Crippen molar-refractivity contribution in [3.8, 4) is 11.8 Å². The van der Waals surface area contributed by atoms with Crippen molar-refractivity contribution in [2.75, 3.05) is 6.54 Å². The number of hydrogen-bond donors (Lipinski definition) is 1. The topological polar surface area (TPSA) is 29.1 Å². The molecule has 0 saturated heterocycles. The lowest BCUT2D eigenvalue weighted by atomic mass is 10.2. The van der Waals surface area contributed by atoms with Crippen molar-refractivity contribution in [3.05, 3.63) is 68.3 Å². The molecule has 0 unspecified atom stereocenters. The number of benzene rings is 2. The molecule has 0 aliphatic rings. The summed E-state index contributed by atoms with van der Waals surface area (Å²) in [7, 11) is 0. The first-order valence-corrected chi connectivity index (χ1v) is 7.40. The lowest BCUT2D eigenvalue weighted by molar-refractivity contribution is 0.0958. The summed E-state index contributed by atoms with van der Waals surface area (Å²) in [5, 5.41) is 3.38. The molecule has 20 heavy (non-hydrogen) atoms. The lowest BCUT2D eigenvalue weighted by Gasteiger charge is -2.03. The Bertz CT molecular complexity index is 688. The lowest BCUT2D eigenvalue weighted by Crippen LogP contribution is -2.24. The standard InChI is InChI=1S/C16H11ClINO/c17-14-9-3-1-6-12(14)7-5-11-19-16(20)13-8-2-4-10-15(13)18/h1-4,6,8-10H,11H2,(H,19,20). The molecule has 2 nitrogen and oxygen atoms in total. The Hall–Kier alpha value is -1.51. The number of nitrogens with one attached hydrogen (secondary N) is 1. The van der Waals surface area contributed by atoms with Crippen LogP contribution in [0.4, 0.5) is 0 Å². The molecule has 0 spiro atoms. The summed E-state index contributed by atoms with van der Waals surface area (Å²) in [4.78, 5) is 11.9. The molecule has 2 aromatic carbocycles. The van der Waals surface area contributed by atoms with Crippen LogP contribution in [0.15, 0.2) is 48.5 Å². The van der Waals surface area contributed by atoms with E-state index in [4.69, 9.17) is 11.6 Å². The van der Waals surface area contributed by atoms with Crippen molar-refractivity contribution >= 4 is 40.1 Å². The van der Waals surface area contributed by atoms with Crippen LogP contribution in [-0.4, -0.2) is 12.5 Å². The molecule has 2 rings (SSSR count). The highest BCUT2D eigenvalue weighted by molar-refractivity contribution is 14.1. The van der Waals surface area contributed by atoms with Crippen LogP contribution >= 0.6 is 34.2 Å². The van der Waals surface area contributed by atoms with Crippen molar-refractivity contribution in [2.24, 2.45) is 0 Å². The predicted octanol–water partition coefficient (Wildman–Crippen LogP) is 3.73. The predicted molar refractivity (Wildman–Crippen MR) is 89.8 cm³/mol. The van der Waals surface area contributed by atoms with Crippen LogP contribution in [0, 0.1) is 15.4 Å². The van der Waals surface area contributed by atoms with E-state index in [0.29, 0.717) is 10.6 Å². The summed E-state index contributed by atoms with van der Waals surface area (Å²) < 4.78 is 0.918. The second-order valence-corrected chi connectivity index (χ2v) is 5.51. The van der Waals surface area contributed by atoms with E-state index in [-0.39, 0.29) is 12.5 Å². The summed E-state index contributed by atoms with van der Waals surface area (Å²) in [6, 6.07) is 14.8. The average molecular weight is 396 g/mol. The molecule has 2 aromatic rings. The van der Waals surface area contributed by atoms with Crippen molar-refractivity contribution in [3.63, 3.8) is 0 Å². The van der Waals surface area contributed by atoms with Gasteiger partial charge >= 0.3 is 0 Å². The zero-order valence-corrected chi connectivity index (χ0v) is 13.4. The molecule has 0 atom stereocenters. The van der Waals surface area contributed by atoms with Crippen LogP contribution in [0.1, 0.15) is 15.9 Å². The third kappa shape index (κ3) is 3.99. The van der Waals surface area contributed by atoms with E-state index in [1.54, 1.807) is 12.1 Å². The van der Waals surface area contributed by atoms with Gasteiger partial charge in [-0.05, 0) is 46.9 Å². The van der Waals surface area contributed by atoms with E-state index in [1.165, 1.54) is 0 Å². The molecule has 0 aliphatic heterocycles. The summed E-state index contributed by atoms with van der Waals surface area (Å²) in [6.45, 7) is 0.287. The van der Waals surface area contributed by atoms with Crippen LogP contribution in [0.5, 0.6) is 0 Å². The molecule has 0 heterocycles. The Labute approximate surface area is 136 Å². The fraction of sp³-hybridized carbons (Fsp3) is 0.0625. The van der Waals surface area contributed by atoms with Crippen LogP contribution in [0.2, 0.25) is 5.02 Å². The Balaban J connectivity index is 1.96. The minimum atomic E-state index is -0.122. The summed E-state index contributed by atoms with van der Waals surface area (Å²) in [6.07, 6.45) is 0. The largest absolute Gasteiger partial charge is 0.341 e. The highest BCUT2D eigenvalue weighted by Gasteiger charge is 2.06. The van der Waals surface area contributed by atoms with Crippen LogP contribution in [-0.2, 0) is 0 Å². The van der Waals surface area contributed by atoms with E-state index in [0.717, 1.165) is 9.13 Å². The Morgan fingerprint density at radius 1 is 1.15 bits per heavy atom. The van der Waals surface area contributed by atoms with Gasteiger partial charge in [-0.3, -0.25) is 4.79 Å². The SMILES string of the molecule is O=C(NCC#Cc1ccccc1Cl)c1ccccc1I. The van der Waals surface area contributed by atoms with Gasteiger partial charge in [0.2, 0.25) is 0 Å². The van der Waals surface area contributed by atoms with E-state index < -0.39 is 0 Å². The first-order chi connectivity index (χ1) is 9.68. The van der Waals surface area contributed by atoms with E-state index in [9.17, 15) is 4.79 Å². The van der Waals surface area contributed by atoms with Crippen molar-refractivity contribution < 1.29 is 4.79 Å². The third-order valence-electron chi connectivity index (χ3n) is 2.55. The summed E-state index contributed by atoms with van der Waals surface area (Å²) >= 11 is 8.13. The second kappa shape index (κ2) is 7.32. The molecule has 0 aliphatic carbocycles. The van der Waals surface area contributed by atoms with Crippen LogP contribution in [0.3, 0.4) is 0 Å². The molecular weight excluding hydrogens is 385 g/mol. The molecule has 4 heteroatoms. The molecule has 0 radical (unpaired) electrons. The maximum absolute atomic E-state index is 11.9. The molecule has 0 aromatic heterocycles. The average Bonchev–Trinajstić information content (AvgIpc) is 2.45. The van der Waals surface area contributed by atoms with Crippen LogP contribution in [0.25, 0.3) is 0 Å². The zero-order chi connectivity index (χ0) is 14.4. The van der Waals surface area contributed by atoms with Crippen LogP contribution < -0.4 is 5.32 Å². The van der Waals surface area contributed by atoms with Gasteiger partial charge in [0.25, 0.3) is 5.91 Å². The minimum absolute atomic E-state index is 0.122. The summed E-state index contributed by atoms with van der Waals surface area (Å²) in [5.74, 6) is 5.71. The zero-order valence-electron chi connectivity index (χ0n) is 10.5. The number of hydrogen-bond acceptors (Lipinski definition) is 1. The number of carbonyl (C=O) groups excluding carboxylic acids is 1. The van der Waals surface area contributed by atoms with Gasteiger partial charge in [-0.25, -0.2) is 0 Å². The van der Waals surface area contributed by atoms with Gasteiger partial charge < -0.3 is 5.32 Å². The van der Waals surface area contributed by atoms with Gasteiger partial charge in [0.15, 0.2) is 0 Å². The van der Waals surface area contributed by atoms with Gasteiger partial charge in [-0.2, -0.15) is 0 Å². The van der Waals surface area contributed by atoms with Gasteiger partial charge in [0.1, 0.15) is 0 Å². The quantitative estimate of drug-likeness (QED) is 0.609. The highest BCUT2D eigenvalue weighted by Crippen LogP contribution is 2.13. The molecule has 100 valence electrons. The number of carbonyl (C=O) groups is 1. The minimum Gasteiger partial charge on any atom is -0.341 e. The second-order valence-electron chi connectivity index (χ2n) is 3.94. The molecule has 1 N–H and O–H groups in total. The first-order valence-electron chi connectivity index (χ1n) is 5.94. The van der Waals surface area contributed by atoms with Gasteiger partial charge in [-0.1, -0.05) is 47.7 Å². The fourth-order valence-corrected chi connectivity index (χ4v) is 2.38. The van der Waals surface area contributed by atoms with Crippen molar-refractivity contribution in [1.29, 1.82) is 0 Å². The Morgan fingerprint density at radius 3 is 2.60 bits per heavy atom. The van der Waals surface area contributed by atoms with Gasteiger partial charge in [-0.15, -0.1) is 0 Å². The monoisotopic (exact) mass is 395 g/mol. The Morgan fingerprint density at radius 2 is 1.85 bits per heavy atom. The van der Waals surface area contributed by atoms with E-state index in [2.05, 4.69) is 39.7 Å².